The highest BCUT2D eigenvalue weighted by Crippen LogP contribution is 2.51. The van der Waals surface area contributed by atoms with Crippen LogP contribution in [0.15, 0.2) is 24.3 Å². The molecule has 1 amide bonds. The Morgan fingerprint density at radius 2 is 1.81 bits per heavy atom. The molecule has 1 aliphatic heterocycles. The van der Waals surface area contributed by atoms with Gasteiger partial charge >= 0.3 is 5.97 Å². The number of carbonyl (C=O) groups is 2. The van der Waals surface area contributed by atoms with Gasteiger partial charge in [-0.25, -0.2) is 9.80 Å². The number of methoxy groups -OCH3 is 1. The Morgan fingerprint density at radius 1 is 1.14 bits per heavy atom. The lowest BCUT2D eigenvalue weighted by Gasteiger charge is -2.51. The minimum absolute atomic E-state index is 0.206. The fourth-order valence-electron chi connectivity index (χ4n) is 5.31. The Morgan fingerprint density at radius 3 is 2.33 bits per heavy atom. The first kappa shape index (κ1) is 28.9. The smallest absolute Gasteiger partial charge is 0.337 e. The van der Waals surface area contributed by atoms with Crippen molar-refractivity contribution in [3.05, 3.63) is 35.4 Å². The van der Waals surface area contributed by atoms with Gasteiger partial charge in [0.05, 0.1) is 18.8 Å². The van der Waals surface area contributed by atoms with Crippen LogP contribution in [0.1, 0.15) is 88.6 Å². The van der Waals surface area contributed by atoms with Crippen molar-refractivity contribution in [2.75, 3.05) is 26.7 Å². The number of rotatable bonds is 12. The molecule has 6 nitrogen and oxygen atoms in total. The Balaban J connectivity index is 1.57. The molecule has 7 heteroatoms. The molecule has 0 N–H and O–H groups in total. The summed E-state index contributed by atoms with van der Waals surface area (Å²) in [6, 6.07) is 7.47. The van der Waals surface area contributed by atoms with Crippen molar-refractivity contribution in [1.82, 2.24) is 10.0 Å². The zero-order valence-electron chi connectivity index (χ0n) is 23.7. The summed E-state index contributed by atoms with van der Waals surface area (Å²) in [5.74, 6) is -0.121. The predicted octanol–water partition coefficient (Wildman–Crippen LogP) is 6.22. The molecule has 1 aromatic carbocycles. The molecule has 0 radical (unpaired) electrons. The van der Waals surface area contributed by atoms with Crippen LogP contribution >= 0.6 is 0 Å². The summed E-state index contributed by atoms with van der Waals surface area (Å²) in [7, 11) is -0.465. The second-order valence-corrected chi connectivity index (χ2v) is 17.0. The van der Waals surface area contributed by atoms with Crippen LogP contribution in [0.3, 0.4) is 0 Å². The van der Waals surface area contributed by atoms with Crippen LogP contribution in [-0.2, 0) is 20.4 Å². The second-order valence-electron chi connectivity index (χ2n) is 12.2. The maximum Gasteiger partial charge on any atom is 0.337 e. The Kier molecular flexibility index (Phi) is 9.44. The first-order valence-corrected chi connectivity index (χ1v) is 16.7. The zero-order valence-corrected chi connectivity index (χ0v) is 24.7. The maximum absolute atomic E-state index is 12.6. The van der Waals surface area contributed by atoms with E-state index in [9.17, 15) is 9.59 Å². The topological polar surface area (TPSA) is 59.1 Å². The molecule has 1 saturated carbocycles. The van der Waals surface area contributed by atoms with Crippen molar-refractivity contribution in [2.45, 2.75) is 103 Å². The van der Waals surface area contributed by atoms with E-state index >= 15 is 0 Å². The van der Waals surface area contributed by atoms with E-state index in [0.29, 0.717) is 30.0 Å². The van der Waals surface area contributed by atoms with E-state index in [4.69, 9.17) is 9.16 Å². The predicted molar refractivity (Wildman–Crippen MR) is 147 cm³/mol. The van der Waals surface area contributed by atoms with Crippen molar-refractivity contribution in [1.29, 1.82) is 0 Å². The number of carbonyl (C=O) groups excluding carboxylic acids is 2. The number of esters is 1. The second kappa shape index (κ2) is 11.8. The molecule has 1 saturated heterocycles. The summed E-state index contributed by atoms with van der Waals surface area (Å²) in [6.45, 7) is 16.4. The lowest BCUT2D eigenvalue weighted by molar-refractivity contribution is -0.138. The number of hydrogen-bond donors (Lipinski definition) is 0. The number of ether oxygens (including phenoxy) is 1. The van der Waals surface area contributed by atoms with Crippen LogP contribution < -0.4 is 0 Å². The van der Waals surface area contributed by atoms with Crippen molar-refractivity contribution < 1.29 is 18.8 Å². The molecule has 2 fully saturated rings. The summed E-state index contributed by atoms with van der Waals surface area (Å²) in [6.07, 6.45) is 8.85. The molecule has 0 spiro atoms. The van der Waals surface area contributed by atoms with Gasteiger partial charge in [-0.2, -0.15) is 0 Å². The SMILES string of the molecule is CCC1(C(CCCN2CCC(=O)N2CCc2ccc(C(=O)OC)cc2)O[Si](C)(C)C(C)(C)C)CCC1. The van der Waals surface area contributed by atoms with Crippen LogP contribution in [0, 0.1) is 5.41 Å². The monoisotopic (exact) mass is 516 g/mol. The molecular weight excluding hydrogens is 468 g/mol. The molecule has 3 rings (SSSR count). The van der Waals surface area contributed by atoms with Gasteiger partial charge < -0.3 is 9.16 Å². The van der Waals surface area contributed by atoms with Gasteiger partial charge in [0, 0.05) is 26.1 Å². The van der Waals surface area contributed by atoms with Gasteiger partial charge in [-0.05, 0) is 79.8 Å². The molecule has 1 aromatic rings. The first-order valence-electron chi connectivity index (χ1n) is 13.8. The minimum Gasteiger partial charge on any atom is -0.465 e. The minimum atomic E-state index is -1.85. The molecule has 2 aliphatic rings. The third-order valence-corrected chi connectivity index (χ3v) is 13.5. The average Bonchev–Trinajstić information content (AvgIpc) is 3.15. The van der Waals surface area contributed by atoms with Gasteiger partial charge in [0.15, 0.2) is 8.32 Å². The normalized spacial score (nSPS) is 19.3. The molecule has 0 bridgehead atoms. The van der Waals surface area contributed by atoms with E-state index in [0.717, 1.165) is 37.9 Å². The molecule has 1 atom stereocenters. The standard InChI is InChI=1S/C29H48N2O4Si/c1-8-29(18-10-19-29)25(35-36(6,7)28(2,3)4)11-9-20-30-21-17-26(32)31(30)22-16-23-12-14-24(15-13-23)27(33)34-5/h12-15,25H,8-11,16-22H2,1-7H3. The summed E-state index contributed by atoms with van der Waals surface area (Å²) >= 11 is 0. The number of benzene rings is 1. The molecule has 1 unspecified atom stereocenters. The van der Waals surface area contributed by atoms with Crippen molar-refractivity contribution in [3.63, 3.8) is 0 Å². The highest BCUT2D eigenvalue weighted by atomic mass is 28.4. The average molecular weight is 517 g/mol. The number of hydrogen-bond acceptors (Lipinski definition) is 5. The Hall–Kier alpha value is -1.70. The highest BCUT2D eigenvalue weighted by molar-refractivity contribution is 6.74. The molecular formula is C29H48N2O4Si. The van der Waals surface area contributed by atoms with Crippen LogP contribution in [-0.4, -0.2) is 63.1 Å². The molecule has 1 aliphatic carbocycles. The third-order valence-electron chi connectivity index (χ3n) is 9.06. The van der Waals surface area contributed by atoms with Crippen LogP contribution in [0.4, 0.5) is 0 Å². The first-order chi connectivity index (χ1) is 16.9. The van der Waals surface area contributed by atoms with E-state index in [-0.39, 0.29) is 16.9 Å². The van der Waals surface area contributed by atoms with Crippen molar-refractivity contribution in [3.8, 4) is 0 Å². The van der Waals surface area contributed by atoms with Gasteiger partial charge in [-0.15, -0.1) is 0 Å². The fourth-order valence-corrected chi connectivity index (χ4v) is 6.74. The van der Waals surface area contributed by atoms with Gasteiger partial charge in [-0.3, -0.25) is 9.80 Å². The quantitative estimate of drug-likeness (QED) is 0.244. The fraction of sp³-hybridized carbons (Fsp3) is 0.724. The van der Waals surface area contributed by atoms with E-state index in [1.807, 2.05) is 17.1 Å². The number of nitrogens with zero attached hydrogens (tertiary/aromatic N) is 2. The summed E-state index contributed by atoms with van der Waals surface area (Å²) in [5, 5.41) is 4.39. The van der Waals surface area contributed by atoms with Gasteiger partial charge in [-0.1, -0.05) is 46.2 Å². The number of amides is 1. The van der Waals surface area contributed by atoms with Gasteiger partial charge in [0.1, 0.15) is 0 Å². The van der Waals surface area contributed by atoms with Crippen LogP contribution in [0.2, 0.25) is 18.1 Å². The van der Waals surface area contributed by atoms with Crippen molar-refractivity contribution >= 4 is 20.2 Å². The van der Waals surface area contributed by atoms with Crippen molar-refractivity contribution in [2.24, 2.45) is 5.41 Å². The highest BCUT2D eigenvalue weighted by Gasteiger charge is 2.48. The molecule has 202 valence electrons. The third kappa shape index (κ3) is 6.59. The summed E-state index contributed by atoms with van der Waals surface area (Å²) < 4.78 is 11.8. The molecule has 36 heavy (non-hydrogen) atoms. The Bertz CT molecular complexity index is 884. The number of hydrazine groups is 1. The van der Waals surface area contributed by atoms with Gasteiger partial charge in [0.2, 0.25) is 5.91 Å². The van der Waals surface area contributed by atoms with Crippen LogP contribution in [0.25, 0.3) is 0 Å². The summed E-state index contributed by atoms with van der Waals surface area (Å²) in [5.41, 5.74) is 2.00. The van der Waals surface area contributed by atoms with E-state index in [2.05, 4.69) is 45.8 Å². The lowest BCUT2D eigenvalue weighted by Crippen LogP contribution is -2.51. The maximum atomic E-state index is 12.6. The largest absolute Gasteiger partial charge is 0.465 e. The lowest BCUT2D eigenvalue weighted by atomic mass is 9.62. The summed E-state index contributed by atoms with van der Waals surface area (Å²) in [4.78, 5) is 24.3. The zero-order chi connectivity index (χ0) is 26.6. The molecule has 0 aromatic heterocycles. The Labute approximate surface area is 219 Å². The van der Waals surface area contributed by atoms with E-state index < -0.39 is 8.32 Å². The van der Waals surface area contributed by atoms with Gasteiger partial charge in [0.25, 0.3) is 0 Å². The van der Waals surface area contributed by atoms with E-state index in [1.165, 1.54) is 32.8 Å². The van der Waals surface area contributed by atoms with E-state index in [1.54, 1.807) is 12.1 Å². The van der Waals surface area contributed by atoms with Crippen LogP contribution in [0.5, 0.6) is 0 Å². The molecule has 1 heterocycles.